The molecule has 238 valence electrons. The lowest BCUT2D eigenvalue weighted by Crippen LogP contribution is -1.91. The molecular formula is C52H30. The van der Waals surface area contributed by atoms with E-state index in [1.165, 1.54) is 120 Å². The van der Waals surface area contributed by atoms with Crippen molar-refractivity contribution in [1.82, 2.24) is 0 Å². The second kappa shape index (κ2) is 10.4. The zero-order chi connectivity index (χ0) is 33.9. The van der Waals surface area contributed by atoms with Crippen molar-refractivity contribution in [2.24, 2.45) is 0 Å². The Balaban J connectivity index is 1.38. The van der Waals surface area contributed by atoms with E-state index in [9.17, 15) is 0 Å². The molecule has 0 aliphatic heterocycles. The van der Waals surface area contributed by atoms with E-state index < -0.39 is 0 Å². The monoisotopic (exact) mass is 654 g/mol. The smallest absolute Gasteiger partial charge is 0.000697 e. The maximum Gasteiger partial charge on any atom is -0.000697 e. The van der Waals surface area contributed by atoms with Gasteiger partial charge in [0.2, 0.25) is 0 Å². The van der Waals surface area contributed by atoms with Crippen LogP contribution in [0.2, 0.25) is 0 Å². The molecule has 0 saturated carbocycles. The van der Waals surface area contributed by atoms with Crippen molar-refractivity contribution in [3.05, 3.63) is 182 Å². The zero-order valence-electron chi connectivity index (χ0n) is 28.3. The van der Waals surface area contributed by atoms with Gasteiger partial charge in [-0.3, -0.25) is 0 Å². The van der Waals surface area contributed by atoms with Crippen LogP contribution in [0.1, 0.15) is 0 Å². The Morgan fingerprint density at radius 3 is 1.46 bits per heavy atom. The fourth-order valence-electron chi connectivity index (χ4n) is 9.61. The van der Waals surface area contributed by atoms with Crippen molar-refractivity contribution >= 4 is 86.2 Å². The molecule has 0 atom stereocenters. The van der Waals surface area contributed by atoms with Gasteiger partial charge in [0.1, 0.15) is 0 Å². The van der Waals surface area contributed by atoms with E-state index in [1.54, 1.807) is 0 Å². The van der Waals surface area contributed by atoms with Crippen molar-refractivity contribution in [2.75, 3.05) is 0 Å². The maximum absolute atomic E-state index is 2.53. The Morgan fingerprint density at radius 1 is 0.192 bits per heavy atom. The highest BCUT2D eigenvalue weighted by Crippen LogP contribution is 2.55. The van der Waals surface area contributed by atoms with E-state index >= 15 is 0 Å². The van der Waals surface area contributed by atoms with Crippen LogP contribution >= 0.6 is 0 Å². The summed E-state index contributed by atoms with van der Waals surface area (Å²) in [4.78, 5) is 0. The van der Waals surface area contributed by atoms with Crippen molar-refractivity contribution in [3.63, 3.8) is 0 Å². The topological polar surface area (TPSA) is 0 Å². The van der Waals surface area contributed by atoms with Crippen LogP contribution in [0.3, 0.4) is 0 Å². The van der Waals surface area contributed by atoms with Crippen molar-refractivity contribution in [2.45, 2.75) is 0 Å². The lowest BCUT2D eigenvalue weighted by molar-refractivity contribution is 1.66. The number of hydrogen-bond acceptors (Lipinski definition) is 0. The molecule has 0 fully saturated rings. The fraction of sp³-hybridized carbons (Fsp3) is 0. The van der Waals surface area contributed by atoms with E-state index in [0.29, 0.717) is 0 Å². The predicted molar refractivity (Wildman–Crippen MR) is 225 cm³/mol. The third kappa shape index (κ3) is 3.66. The first kappa shape index (κ1) is 28.0. The highest BCUT2D eigenvalue weighted by molar-refractivity contribution is 6.46. The summed E-state index contributed by atoms with van der Waals surface area (Å²) in [7, 11) is 0. The van der Waals surface area contributed by atoms with Gasteiger partial charge in [-0.25, -0.2) is 0 Å². The Bertz CT molecular complexity index is 3360. The molecule has 0 nitrogen and oxygen atoms in total. The summed E-state index contributed by atoms with van der Waals surface area (Å²) < 4.78 is 0. The average Bonchev–Trinajstić information content (AvgIpc) is 3.71. The van der Waals surface area contributed by atoms with Crippen LogP contribution in [0.15, 0.2) is 182 Å². The van der Waals surface area contributed by atoms with E-state index in [1.807, 2.05) is 0 Å². The molecule has 12 rings (SSSR count). The summed E-state index contributed by atoms with van der Waals surface area (Å²) in [5, 5.41) is 21.2. The van der Waals surface area contributed by atoms with Crippen molar-refractivity contribution in [3.8, 4) is 33.4 Å². The summed E-state index contributed by atoms with van der Waals surface area (Å²) in [6.07, 6.45) is 0. The first-order valence-electron chi connectivity index (χ1n) is 18.2. The minimum absolute atomic E-state index is 1.24. The molecule has 52 heavy (non-hydrogen) atoms. The van der Waals surface area contributed by atoms with Crippen LogP contribution in [0.4, 0.5) is 0 Å². The minimum Gasteiger partial charge on any atom is -0.0622 e. The van der Waals surface area contributed by atoms with Crippen LogP contribution in [0.5, 0.6) is 0 Å². The van der Waals surface area contributed by atoms with Crippen molar-refractivity contribution in [1.29, 1.82) is 0 Å². The summed E-state index contributed by atoms with van der Waals surface area (Å²) in [5.74, 6) is 0. The van der Waals surface area contributed by atoms with Gasteiger partial charge < -0.3 is 0 Å². The average molecular weight is 655 g/mol. The predicted octanol–water partition coefficient (Wildman–Crippen LogP) is 14.8. The molecule has 0 aliphatic carbocycles. The van der Waals surface area contributed by atoms with Gasteiger partial charge in [0.15, 0.2) is 0 Å². The molecule has 0 spiro atoms. The van der Waals surface area contributed by atoms with Crippen LogP contribution in [-0.4, -0.2) is 0 Å². The molecule has 0 bridgehead atoms. The number of benzene rings is 10. The van der Waals surface area contributed by atoms with Gasteiger partial charge in [-0.15, -0.1) is 0 Å². The molecular weight excluding hydrogens is 625 g/mol. The molecule has 0 unspecified atom stereocenters. The second-order valence-corrected chi connectivity index (χ2v) is 14.3. The summed E-state index contributed by atoms with van der Waals surface area (Å²) >= 11 is 0. The first-order valence-corrected chi connectivity index (χ1v) is 18.2. The van der Waals surface area contributed by atoms with Crippen LogP contribution < -0.4 is 0 Å². The number of rotatable bonds is 3. The lowest BCUT2D eigenvalue weighted by atomic mass is 9.84. The second-order valence-electron chi connectivity index (χ2n) is 14.3. The van der Waals surface area contributed by atoms with Gasteiger partial charge in [0.05, 0.1) is 0 Å². The van der Waals surface area contributed by atoms with Gasteiger partial charge in [0, 0.05) is 0 Å². The van der Waals surface area contributed by atoms with Crippen LogP contribution in [0, 0.1) is 0 Å². The number of fused-ring (bicyclic) bond motifs is 10. The quantitative estimate of drug-likeness (QED) is 0.166. The molecule has 0 heterocycles. The normalized spacial score (nSPS) is 12.2. The SMILES string of the molecule is c1ccc(-c2ccc3c(c2)c2cccc4c5c(-c6ccccc6)c6c7cc8ccccc8c8cccc(c6c(-c6ccccc6)c5cc3c24)c87)cc1. The summed E-state index contributed by atoms with van der Waals surface area (Å²) in [6.45, 7) is 0. The van der Waals surface area contributed by atoms with Gasteiger partial charge in [0.25, 0.3) is 0 Å². The van der Waals surface area contributed by atoms with Gasteiger partial charge >= 0.3 is 0 Å². The Labute approximate surface area is 300 Å². The summed E-state index contributed by atoms with van der Waals surface area (Å²) in [5.41, 5.74) is 7.63. The minimum atomic E-state index is 1.24. The molecule has 12 aromatic rings. The fourth-order valence-corrected chi connectivity index (χ4v) is 9.61. The lowest BCUT2D eigenvalue weighted by Gasteiger charge is -2.19. The van der Waals surface area contributed by atoms with E-state index in [-0.39, 0.29) is 0 Å². The van der Waals surface area contributed by atoms with Gasteiger partial charge in [-0.2, -0.15) is 0 Å². The third-order valence-electron chi connectivity index (χ3n) is 11.7. The highest BCUT2D eigenvalue weighted by atomic mass is 14.3. The maximum atomic E-state index is 2.53. The van der Waals surface area contributed by atoms with Gasteiger partial charge in [-0.1, -0.05) is 164 Å². The Kier molecular flexibility index (Phi) is 5.59. The Morgan fingerprint density at radius 2 is 0.731 bits per heavy atom. The summed E-state index contributed by atoms with van der Waals surface area (Å²) in [6, 6.07) is 67.9. The molecule has 0 heteroatoms. The van der Waals surface area contributed by atoms with Crippen LogP contribution in [-0.2, 0) is 0 Å². The van der Waals surface area contributed by atoms with Crippen LogP contribution in [0.25, 0.3) is 120 Å². The molecule has 0 N–H and O–H groups in total. The Hall–Kier alpha value is -6.76. The van der Waals surface area contributed by atoms with E-state index in [2.05, 4.69) is 182 Å². The largest absolute Gasteiger partial charge is 0.0622 e. The highest BCUT2D eigenvalue weighted by Gasteiger charge is 2.26. The van der Waals surface area contributed by atoms with E-state index in [0.717, 1.165) is 0 Å². The number of hydrogen-bond donors (Lipinski definition) is 0. The third-order valence-corrected chi connectivity index (χ3v) is 11.7. The molecule has 0 aliphatic rings. The molecule has 0 aromatic heterocycles. The molecule has 0 radical (unpaired) electrons. The standard InChI is InChI=1S/C52H30/c1-4-14-31(15-5-1)34-26-27-37-42(28-34)39-23-13-24-40-48(39)43(37)30-45-46(32-16-6-2-7-17-32)51-41-25-12-22-38-36-21-11-10-20-35(36)29-44(49(38)41)52(51)47(50(40)45)33-18-8-3-9-19-33/h1-30H. The zero-order valence-corrected chi connectivity index (χ0v) is 28.3. The van der Waals surface area contributed by atoms with Crippen molar-refractivity contribution < 1.29 is 0 Å². The molecule has 0 amide bonds. The van der Waals surface area contributed by atoms with Gasteiger partial charge in [-0.05, 0) is 138 Å². The van der Waals surface area contributed by atoms with E-state index in [4.69, 9.17) is 0 Å². The molecule has 0 saturated heterocycles. The first-order chi connectivity index (χ1) is 25.8. The molecule has 12 aromatic carbocycles.